The summed E-state index contributed by atoms with van der Waals surface area (Å²) in [5, 5.41) is 6.70. The molecule has 0 saturated heterocycles. The molecule has 0 aliphatic carbocycles. The zero-order chi connectivity index (χ0) is 16.5. The fraction of sp³-hybridized carbons (Fsp3) is 0.600. The monoisotopic (exact) mass is 309 g/mol. The van der Waals surface area contributed by atoms with Crippen LogP contribution < -0.4 is 10.9 Å². The number of rotatable bonds is 8. The van der Waals surface area contributed by atoms with Crippen molar-refractivity contribution in [2.45, 2.75) is 52.6 Å². The number of esters is 1. The summed E-state index contributed by atoms with van der Waals surface area (Å²) in [7, 11) is 0. The lowest BCUT2D eigenvalue weighted by Crippen LogP contribution is -2.37. The normalized spacial score (nSPS) is 10.5. The largest absolute Gasteiger partial charge is 0.451 e. The van der Waals surface area contributed by atoms with Gasteiger partial charge in [0.15, 0.2) is 12.3 Å². The van der Waals surface area contributed by atoms with Crippen LogP contribution in [0.2, 0.25) is 0 Å². The number of hydrogen-bond acceptors (Lipinski definition) is 5. The molecule has 0 aromatic carbocycles. The van der Waals surface area contributed by atoms with Gasteiger partial charge in [0.1, 0.15) is 0 Å². The Morgan fingerprint density at radius 1 is 1.27 bits per heavy atom. The highest BCUT2D eigenvalue weighted by Crippen LogP contribution is 1.98. The van der Waals surface area contributed by atoms with E-state index in [9.17, 15) is 14.4 Å². The number of aromatic nitrogens is 2. The molecule has 0 aliphatic heterocycles. The molecule has 1 aromatic heterocycles. The standard InChI is InChI=1S/C15H23N3O4/c1-4-9-18-14(20)8-7-12(17-18)15(21)22-10-13(19)16-11(5-2)6-3/h7-8,11H,4-6,9-10H2,1-3H3,(H,16,19). The van der Waals surface area contributed by atoms with Gasteiger partial charge in [-0.05, 0) is 25.3 Å². The summed E-state index contributed by atoms with van der Waals surface area (Å²) in [6.07, 6.45) is 2.36. The highest BCUT2D eigenvalue weighted by atomic mass is 16.5. The van der Waals surface area contributed by atoms with Crippen molar-refractivity contribution in [2.75, 3.05) is 6.61 Å². The molecule has 0 atom stereocenters. The van der Waals surface area contributed by atoms with Crippen LogP contribution in [-0.2, 0) is 16.1 Å². The number of amides is 1. The van der Waals surface area contributed by atoms with Crippen LogP contribution in [0.25, 0.3) is 0 Å². The molecule has 0 radical (unpaired) electrons. The van der Waals surface area contributed by atoms with Crippen molar-refractivity contribution in [3.63, 3.8) is 0 Å². The maximum Gasteiger partial charge on any atom is 0.359 e. The van der Waals surface area contributed by atoms with Crippen molar-refractivity contribution in [3.05, 3.63) is 28.2 Å². The third kappa shape index (κ3) is 5.31. The van der Waals surface area contributed by atoms with E-state index in [0.29, 0.717) is 6.54 Å². The smallest absolute Gasteiger partial charge is 0.359 e. The molecule has 1 rings (SSSR count). The lowest BCUT2D eigenvalue weighted by molar-refractivity contribution is -0.125. The molecule has 1 heterocycles. The molecule has 22 heavy (non-hydrogen) atoms. The predicted molar refractivity (Wildman–Crippen MR) is 81.6 cm³/mol. The zero-order valence-corrected chi connectivity index (χ0v) is 13.3. The van der Waals surface area contributed by atoms with E-state index in [0.717, 1.165) is 19.3 Å². The van der Waals surface area contributed by atoms with E-state index in [1.165, 1.54) is 16.8 Å². The first-order chi connectivity index (χ1) is 10.5. The van der Waals surface area contributed by atoms with Crippen LogP contribution >= 0.6 is 0 Å². The van der Waals surface area contributed by atoms with Gasteiger partial charge >= 0.3 is 5.97 Å². The van der Waals surface area contributed by atoms with Crippen molar-refractivity contribution in [1.82, 2.24) is 15.1 Å². The van der Waals surface area contributed by atoms with E-state index in [-0.39, 0.29) is 29.8 Å². The Hall–Kier alpha value is -2.18. The average molecular weight is 309 g/mol. The van der Waals surface area contributed by atoms with Crippen LogP contribution in [0, 0.1) is 0 Å². The van der Waals surface area contributed by atoms with Crippen molar-refractivity contribution in [2.24, 2.45) is 0 Å². The summed E-state index contributed by atoms with van der Waals surface area (Å²) in [6, 6.07) is 2.65. The van der Waals surface area contributed by atoms with E-state index in [4.69, 9.17) is 4.74 Å². The predicted octanol–water partition coefficient (Wildman–Crippen LogP) is 1.11. The van der Waals surface area contributed by atoms with Gasteiger partial charge in [-0.1, -0.05) is 20.8 Å². The van der Waals surface area contributed by atoms with Crippen LogP contribution in [0.4, 0.5) is 0 Å². The maximum absolute atomic E-state index is 11.9. The summed E-state index contributed by atoms with van der Waals surface area (Å²) < 4.78 is 6.13. The van der Waals surface area contributed by atoms with E-state index in [2.05, 4.69) is 10.4 Å². The second-order valence-corrected chi connectivity index (χ2v) is 4.94. The molecule has 0 saturated carbocycles. The quantitative estimate of drug-likeness (QED) is 0.727. The van der Waals surface area contributed by atoms with Crippen LogP contribution in [-0.4, -0.2) is 34.3 Å². The van der Waals surface area contributed by atoms with Gasteiger partial charge in [-0.3, -0.25) is 9.59 Å². The van der Waals surface area contributed by atoms with Gasteiger partial charge in [0.2, 0.25) is 0 Å². The number of carbonyl (C=O) groups excluding carboxylic acids is 2. The Morgan fingerprint density at radius 2 is 1.95 bits per heavy atom. The fourth-order valence-electron chi connectivity index (χ4n) is 1.90. The zero-order valence-electron chi connectivity index (χ0n) is 13.3. The third-order valence-corrected chi connectivity index (χ3v) is 3.20. The highest BCUT2D eigenvalue weighted by molar-refractivity contribution is 5.89. The summed E-state index contributed by atoms with van der Waals surface area (Å²) in [4.78, 5) is 35.0. The molecular weight excluding hydrogens is 286 g/mol. The minimum absolute atomic E-state index is 0.0170. The van der Waals surface area contributed by atoms with Crippen molar-refractivity contribution in [1.29, 1.82) is 0 Å². The summed E-state index contributed by atoms with van der Waals surface area (Å²) in [5.41, 5.74) is -0.256. The van der Waals surface area contributed by atoms with Gasteiger partial charge in [-0.2, -0.15) is 5.10 Å². The number of hydrogen-bond donors (Lipinski definition) is 1. The number of carbonyl (C=O) groups is 2. The molecular formula is C15H23N3O4. The Kier molecular flexibility index (Phi) is 7.28. The molecule has 0 fully saturated rings. The van der Waals surface area contributed by atoms with E-state index >= 15 is 0 Å². The van der Waals surface area contributed by atoms with Gasteiger partial charge < -0.3 is 10.1 Å². The Bertz CT molecular complexity index is 564. The first-order valence-electron chi connectivity index (χ1n) is 7.56. The van der Waals surface area contributed by atoms with Gasteiger partial charge in [-0.15, -0.1) is 0 Å². The molecule has 0 aliphatic rings. The molecule has 0 bridgehead atoms. The van der Waals surface area contributed by atoms with Crippen molar-refractivity contribution in [3.8, 4) is 0 Å². The first-order valence-corrected chi connectivity index (χ1v) is 7.56. The molecule has 7 nitrogen and oxygen atoms in total. The maximum atomic E-state index is 11.9. The lowest BCUT2D eigenvalue weighted by Gasteiger charge is -2.14. The first kappa shape index (κ1) is 17.9. The fourth-order valence-corrected chi connectivity index (χ4v) is 1.90. The van der Waals surface area contributed by atoms with Gasteiger partial charge in [0.05, 0.1) is 0 Å². The Labute approximate surface area is 129 Å². The number of aryl methyl sites for hydroxylation is 1. The van der Waals surface area contributed by atoms with Gasteiger partial charge in [0, 0.05) is 18.7 Å². The minimum atomic E-state index is -0.718. The lowest BCUT2D eigenvalue weighted by atomic mass is 10.2. The molecule has 0 unspecified atom stereocenters. The Balaban J connectivity index is 2.60. The molecule has 1 aromatic rings. The van der Waals surface area contributed by atoms with E-state index in [1.807, 2.05) is 20.8 Å². The second-order valence-electron chi connectivity index (χ2n) is 4.94. The topological polar surface area (TPSA) is 90.3 Å². The Morgan fingerprint density at radius 3 is 2.55 bits per heavy atom. The summed E-state index contributed by atoms with van der Waals surface area (Å²) in [5.74, 6) is -1.06. The van der Waals surface area contributed by atoms with Crippen molar-refractivity contribution < 1.29 is 14.3 Å². The third-order valence-electron chi connectivity index (χ3n) is 3.20. The number of nitrogens with one attached hydrogen (secondary N) is 1. The summed E-state index contributed by atoms with van der Waals surface area (Å²) in [6.45, 7) is 5.92. The summed E-state index contributed by atoms with van der Waals surface area (Å²) >= 11 is 0. The second kappa shape index (κ2) is 8.96. The SMILES string of the molecule is CCCn1nc(C(=O)OCC(=O)NC(CC)CC)ccc1=O. The molecule has 1 amide bonds. The van der Waals surface area contributed by atoms with Gasteiger partial charge in [0.25, 0.3) is 11.5 Å². The number of nitrogens with zero attached hydrogens (tertiary/aromatic N) is 2. The molecule has 0 spiro atoms. The van der Waals surface area contributed by atoms with Crippen LogP contribution in [0.15, 0.2) is 16.9 Å². The highest BCUT2D eigenvalue weighted by Gasteiger charge is 2.14. The van der Waals surface area contributed by atoms with Crippen LogP contribution in [0.5, 0.6) is 0 Å². The average Bonchev–Trinajstić information content (AvgIpc) is 2.52. The van der Waals surface area contributed by atoms with E-state index < -0.39 is 5.97 Å². The minimum Gasteiger partial charge on any atom is -0.451 e. The van der Waals surface area contributed by atoms with Crippen LogP contribution in [0.3, 0.4) is 0 Å². The molecule has 7 heteroatoms. The molecule has 122 valence electrons. The van der Waals surface area contributed by atoms with Gasteiger partial charge in [-0.25, -0.2) is 9.48 Å². The molecule has 1 N–H and O–H groups in total. The number of ether oxygens (including phenoxy) is 1. The van der Waals surface area contributed by atoms with Crippen LogP contribution in [0.1, 0.15) is 50.5 Å². The van der Waals surface area contributed by atoms with Crippen molar-refractivity contribution >= 4 is 11.9 Å². The van der Waals surface area contributed by atoms with E-state index in [1.54, 1.807) is 0 Å².